The molecule has 1 aliphatic rings. The number of benzene rings is 1. The molecule has 0 spiro atoms. The average molecular weight is 192 g/mol. The van der Waals surface area contributed by atoms with E-state index in [9.17, 15) is 4.79 Å². The van der Waals surface area contributed by atoms with Crippen molar-refractivity contribution in [2.45, 2.75) is 6.10 Å². The van der Waals surface area contributed by atoms with Crippen LogP contribution in [0.4, 0.5) is 0 Å². The van der Waals surface area contributed by atoms with E-state index in [0.29, 0.717) is 25.4 Å². The Morgan fingerprint density at radius 2 is 2.00 bits per heavy atom. The number of Topliss-reactive ketones (excluding diaryl/α,β-unsaturated/α-hetero) is 1. The molecule has 0 aromatic heterocycles. The summed E-state index contributed by atoms with van der Waals surface area (Å²) in [6, 6.07) is 9.16. The van der Waals surface area contributed by atoms with Crippen LogP contribution in [-0.4, -0.2) is 31.7 Å². The maximum absolute atomic E-state index is 11.8. The number of hydrogen-bond acceptors (Lipinski definition) is 3. The first-order chi connectivity index (χ1) is 6.88. The van der Waals surface area contributed by atoms with E-state index < -0.39 is 6.10 Å². The Labute approximate surface area is 82.6 Å². The van der Waals surface area contributed by atoms with Crippen molar-refractivity contribution in [2.75, 3.05) is 19.8 Å². The van der Waals surface area contributed by atoms with Crippen LogP contribution in [-0.2, 0) is 9.47 Å². The molecule has 0 radical (unpaired) electrons. The van der Waals surface area contributed by atoms with Gasteiger partial charge in [0, 0.05) is 5.56 Å². The highest BCUT2D eigenvalue weighted by molar-refractivity contribution is 5.99. The number of ketones is 1. The second kappa shape index (κ2) is 4.35. The summed E-state index contributed by atoms with van der Waals surface area (Å²) in [5.74, 6) is 0.00491. The highest BCUT2D eigenvalue weighted by Crippen LogP contribution is 2.09. The minimum absolute atomic E-state index is 0.00491. The van der Waals surface area contributed by atoms with E-state index in [4.69, 9.17) is 9.47 Å². The molecule has 0 aliphatic carbocycles. The predicted octanol–water partition coefficient (Wildman–Crippen LogP) is 1.28. The van der Waals surface area contributed by atoms with Gasteiger partial charge in [0.1, 0.15) is 6.10 Å². The van der Waals surface area contributed by atoms with E-state index in [-0.39, 0.29) is 5.78 Å². The molecule has 0 N–H and O–H groups in total. The molecule has 1 saturated heterocycles. The standard InChI is InChI=1S/C11H12O3/c12-11(9-4-2-1-3-5-9)10-8-13-6-7-14-10/h1-5,10H,6-8H2/t10-/m0/s1. The maximum atomic E-state index is 11.8. The molecule has 1 aromatic carbocycles. The van der Waals surface area contributed by atoms with Gasteiger partial charge in [0.05, 0.1) is 19.8 Å². The molecular formula is C11H12O3. The Kier molecular flexibility index (Phi) is 2.91. The summed E-state index contributed by atoms with van der Waals surface area (Å²) < 4.78 is 10.5. The van der Waals surface area contributed by atoms with Crippen LogP contribution in [0.25, 0.3) is 0 Å². The van der Waals surface area contributed by atoms with Crippen LogP contribution in [0.5, 0.6) is 0 Å². The summed E-state index contributed by atoms with van der Waals surface area (Å²) in [6.45, 7) is 1.45. The summed E-state index contributed by atoms with van der Waals surface area (Å²) in [5.41, 5.74) is 0.683. The average Bonchev–Trinajstić information content (AvgIpc) is 2.30. The van der Waals surface area contributed by atoms with Gasteiger partial charge < -0.3 is 9.47 Å². The van der Waals surface area contributed by atoms with Crippen LogP contribution in [0.3, 0.4) is 0 Å². The van der Waals surface area contributed by atoms with Crippen molar-refractivity contribution in [3.8, 4) is 0 Å². The number of carbonyl (C=O) groups excluding carboxylic acids is 1. The van der Waals surface area contributed by atoms with Crippen molar-refractivity contribution >= 4 is 5.78 Å². The van der Waals surface area contributed by atoms with E-state index in [0.717, 1.165) is 0 Å². The number of carbonyl (C=O) groups is 1. The zero-order valence-electron chi connectivity index (χ0n) is 7.81. The Bertz CT molecular complexity index is 302. The smallest absolute Gasteiger partial charge is 0.193 e. The van der Waals surface area contributed by atoms with Gasteiger partial charge in [-0.2, -0.15) is 0 Å². The van der Waals surface area contributed by atoms with Crippen LogP contribution in [0.15, 0.2) is 30.3 Å². The number of hydrogen-bond donors (Lipinski definition) is 0. The summed E-state index contributed by atoms with van der Waals surface area (Å²) in [4.78, 5) is 11.8. The molecule has 2 rings (SSSR count). The number of rotatable bonds is 2. The zero-order chi connectivity index (χ0) is 9.80. The van der Waals surface area contributed by atoms with Crippen molar-refractivity contribution in [1.82, 2.24) is 0 Å². The highest BCUT2D eigenvalue weighted by Gasteiger charge is 2.23. The van der Waals surface area contributed by atoms with Crippen LogP contribution in [0.2, 0.25) is 0 Å². The first kappa shape index (κ1) is 9.37. The lowest BCUT2D eigenvalue weighted by molar-refractivity contribution is -0.0719. The van der Waals surface area contributed by atoms with Crippen molar-refractivity contribution in [1.29, 1.82) is 0 Å². The molecule has 0 saturated carbocycles. The largest absolute Gasteiger partial charge is 0.376 e. The van der Waals surface area contributed by atoms with Crippen molar-refractivity contribution < 1.29 is 14.3 Å². The van der Waals surface area contributed by atoms with E-state index in [2.05, 4.69) is 0 Å². The van der Waals surface area contributed by atoms with Crippen LogP contribution in [0.1, 0.15) is 10.4 Å². The SMILES string of the molecule is O=C(c1ccccc1)[C@@H]1COCCO1. The van der Waals surface area contributed by atoms with Crippen LogP contribution >= 0.6 is 0 Å². The quantitative estimate of drug-likeness (QED) is 0.662. The van der Waals surface area contributed by atoms with E-state index in [1.165, 1.54) is 0 Å². The van der Waals surface area contributed by atoms with E-state index in [1.807, 2.05) is 18.2 Å². The van der Waals surface area contributed by atoms with E-state index >= 15 is 0 Å². The predicted molar refractivity (Wildman–Crippen MR) is 51.3 cm³/mol. The Morgan fingerprint density at radius 1 is 1.21 bits per heavy atom. The fourth-order valence-corrected chi connectivity index (χ4v) is 1.43. The monoisotopic (exact) mass is 192 g/mol. The third kappa shape index (κ3) is 2.00. The molecule has 1 fully saturated rings. The molecule has 1 heterocycles. The van der Waals surface area contributed by atoms with E-state index in [1.54, 1.807) is 12.1 Å². The molecule has 74 valence electrons. The molecule has 0 amide bonds. The summed E-state index contributed by atoms with van der Waals surface area (Å²) in [5, 5.41) is 0. The lowest BCUT2D eigenvalue weighted by Gasteiger charge is -2.21. The third-order valence-corrected chi connectivity index (χ3v) is 2.17. The van der Waals surface area contributed by atoms with Crippen LogP contribution in [0, 0.1) is 0 Å². The third-order valence-electron chi connectivity index (χ3n) is 2.17. The fraction of sp³-hybridized carbons (Fsp3) is 0.364. The second-order valence-corrected chi connectivity index (χ2v) is 3.16. The maximum Gasteiger partial charge on any atom is 0.193 e. The first-order valence-electron chi connectivity index (χ1n) is 4.66. The van der Waals surface area contributed by atoms with Gasteiger partial charge in [0.25, 0.3) is 0 Å². The molecule has 3 heteroatoms. The van der Waals surface area contributed by atoms with Crippen molar-refractivity contribution in [3.05, 3.63) is 35.9 Å². The normalized spacial score (nSPS) is 21.9. The molecule has 1 aromatic rings. The van der Waals surface area contributed by atoms with Gasteiger partial charge in [-0.25, -0.2) is 0 Å². The van der Waals surface area contributed by atoms with Gasteiger partial charge in [-0.05, 0) is 0 Å². The second-order valence-electron chi connectivity index (χ2n) is 3.16. The van der Waals surface area contributed by atoms with Gasteiger partial charge >= 0.3 is 0 Å². The Balaban J connectivity index is 2.07. The topological polar surface area (TPSA) is 35.5 Å². The van der Waals surface area contributed by atoms with Crippen molar-refractivity contribution in [2.24, 2.45) is 0 Å². The summed E-state index contributed by atoms with van der Waals surface area (Å²) >= 11 is 0. The van der Waals surface area contributed by atoms with Crippen molar-refractivity contribution in [3.63, 3.8) is 0 Å². The molecular weight excluding hydrogens is 180 g/mol. The van der Waals surface area contributed by atoms with Gasteiger partial charge in [-0.3, -0.25) is 4.79 Å². The minimum atomic E-state index is -0.425. The fourth-order valence-electron chi connectivity index (χ4n) is 1.43. The zero-order valence-corrected chi connectivity index (χ0v) is 7.81. The first-order valence-corrected chi connectivity index (χ1v) is 4.66. The summed E-state index contributed by atoms with van der Waals surface area (Å²) in [6.07, 6.45) is -0.425. The highest BCUT2D eigenvalue weighted by atomic mass is 16.6. The Hall–Kier alpha value is -1.19. The minimum Gasteiger partial charge on any atom is -0.376 e. The van der Waals surface area contributed by atoms with Gasteiger partial charge in [0.15, 0.2) is 5.78 Å². The molecule has 1 atom stereocenters. The van der Waals surface area contributed by atoms with Gasteiger partial charge in [-0.1, -0.05) is 30.3 Å². The Morgan fingerprint density at radius 3 is 2.64 bits per heavy atom. The molecule has 3 nitrogen and oxygen atoms in total. The van der Waals surface area contributed by atoms with Gasteiger partial charge in [-0.15, -0.1) is 0 Å². The lowest BCUT2D eigenvalue weighted by atomic mass is 10.1. The lowest BCUT2D eigenvalue weighted by Crippen LogP contribution is -2.35. The number of ether oxygens (including phenoxy) is 2. The molecule has 1 aliphatic heterocycles. The molecule has 14 heavy (non-hydrogen) atoms. The van der Waals surface area contributed by atoms with Gasteiger partial charge in [0.2, 0.25) is 0 Å². The molecule has 0 bridgehead atoms. The molecule has 0 unspecified atom stereocenters. The van der Waals surface area contributed by atoms with Crippen LogP contribution < -0.4 is 0 Å². The summed E-state index contributed by atoms with van der Waals surface area (Å²) in [7, 11) is 0.